The van der Waals surface area contributed by atoms with Gasteiger partial charge in [0.05, 0.1) is 26.0 Å². The first-order chi connectivity index (χ1) is 13.7. The van der Waals surface area contributed by atoms with Crippen LogP contribution in [-0.4, -0.2) is 31.7 Å². The zero-order valence-corrected chi connectivity index (χ0v) is 19.8. The van der Waals surface area contributed by atoms with E-state index in [1.54, 1.807) is 25.5 Å². The number of aliphatic imine (C=N–C) groups is 1. The first kappa shape index (κ1) is 23.0. The summed E-state index contributed by atoms with van der Waals surface area (Å²) in [5, 5.41) is 9.62. The molecule has 3 rings (SSSR count). The second-order valence-electron chi connectivity index (χ2n) is 5.86. The van der Waals surface area contributed by atoms with E-state index in [0.29, 0.717) is 24.9 Å². The van der Waals surface area contributed by atoms with Crippen LogP contribution in [0.5, 0.6) is 11.5 Å². The number of ether oxygens (including phenoxy) is 2. The van der Waals surface area contributed by atoms with Crippen LogP contribution in [0.15, 0.2) is 58.9 Å². The van der Waals surface area contributed by atoms with Crippen LogP contribution in [0, 0.1) is 0 Å². The predicted octanol–water partition coefficient (Wildman–Crippen LogP) is 5.02. The molecule has 29 heavy (non-hydrogen) atoms. The number of hydrogen-bond acceptors (Lipinski definition) is 5. The molecule has 1 aromatic heterocycles. The molecule has 0 aliphatic heterocycles. The average molecular weight is 524 g/mol. The van der Waals surface area contributed by atoms with Crippen molar-refractivity contribution in [2.75, 3.05) is 26.1 Å². The van der Waals surface area contributed by atoms with Crippen LogP contribution in [0.3, 0.4) is 0 Å². The highest BCUT2D eigenvalue weighted by molar-refractivity contribution is 14.0. The lowest BCUT2D eigenvalue weighted by Crippen LogP contribution is -2.30. The summed E-state index contributed by atoms with van der Waals surface area (Å²) in [5.74, 6) is 2.05. The van der Waals surface area contributed by atoms with Crippen LogP contribution in [-0.2, 0) is 6.54 Å². The summed E-state index contributed by atoms with van der Waals surface area (Å²) in [6.45, 7) is 3.11. The number of anilines is 1. The van der Waals surface area contributed by atoms with Crippen molar-refractivity contribution in [2.45, 2.75) is 13.5 Å². The standard InChI is InChI=1S/C21H24N4O2S.HI/c1-4-27-18-11-10-16(12-19(18)26-3)25-21(22-2)23-13-17-14-28-20(24-17)15-8-6-5-7-9-15;/h5-12,14H,4,13H2,1-3H3,(H2,22,23,25);1H. The molecule has 0 unspecified atom stereocenters. The van der Waals surface area contributed by atoms with Crippen LogP contribution in [0.1, 0.15) is 12.6 Å². The second kappa shape index (κ2) is 11.6. The van der Waals surface area contributed by atoms with Gasteiger partial charge in [0, 0.05) is 29.7 Å². The largest absolute Gasteiger partial charge is 0.493 e. The van der Waals surface area contributed by atoms with Gasteiger partial charge in [0.1, 0.15) is 5.01 Å². The summed E-state index contributed by atoms with van der Waals surface area (Å²) in [6.07, 6.45) is 0. The molecule has 0 saturated heterocycles. The SMILES string of the molecule is CCOc1ccc(NC(=NC)NCc2csc(-c3ccccc3)n2)cc1OC.I. The minimum Gasteiger partial charge on any atom is -0.493 e. The molecule has 8 heteroatoms. The molecule has 2 N–H and O–H groups in total. The number of nitrogens with zero attached hydrogens (tertiary/aromatic N) is 2. The van der Waals surface area contributed by atoms with Gasteiger partial charge >= 0.3 is 0 Å². The number of guanidine groups is 1. The molecule has 0 saturated carbocycles. The van der Waals surface area contributed by atoms with Crippen molar-refractivity contribution >= 4 is 47.0 Å². The minimum absolute atomic E-state index is 0. The van der Waals surface area contributed by atoms with Crippen LogP contribution in [0.2, 0.25) is 0 Å². The third kappa shape index (κ3) is 6.33. The Morgan fingerprint density at radius 3 is 2.62 bits per heavy atom. The summed E-state index contributed by atoms with van der Waals surface area (Å²) in [6, 6.07) is 15.9. The summed E-state index contributed by atoms with van der Waals surface area (Å²) >= 11 is 1.64. The Labute approximate surface area is 192 Å². The molecule has 0 bridgehead atoms. The Hall–Kier alpha value is -2.33. The van der Waals surface area contributed by atoms with Gasteiger partial charge in [-0.15, -0.1) is 35.3 Å². The number of halogens is 1. The number of hydrogen-bond donors (Lipinski definition) is 2. The molecule has 0 atom stereocenters. The molecule has 0 radical (unpaired) electrons. The van der Waals surface area contributed by atoms with Crippen molar-refractivity contribution in [1.29, 1.82) is 0 Å². The lowest BCUT2D eigenvalue weighted by atomic mass is 10.2. The highest BCUT2D eigenvalue weighted by Gasteiger charge is 2.08. The Morgan fingerprint density at radius 1 is 1.14 bits per heavy atom. The van der Waals surface area contributed by atoms with E-state index in [1.807, 2.05) is 43.3 Å². The summed E-state index contributed by atoms with van der Waals surface area (Å²) in [7, 11) is 3.36. The molecule has 0 aliphatic rings. The Bertz CT molecular complexity index is 931. The van der Waals surface area contributed by atoms with E-state index in [9.17, 15) is 0 Å². The molecular formula is C21H25IN4O2S. The number of aromatic nitrogens is 1. The average Bonchev–Trinajstić information content (AvgIpc) is 3.22. The molecule has 0 fully saturated rings. The molecule has 2 aromatic carbocycles. The van der Waals surface area contributed by atoms with E-state index in [0.717, 1.165) is 27.7 Å². The Morgan fingerprint density at radius 2 is 1.93 bits per heavy atom. The van der Waals surface area contributed by atoms with E-state index in [2.05, 4.69) is 38.1 Å². The number of nitrogens with one attached hydrogen (secondary N) is 2. The normalized spacial score (nSPS) is 10.8. The highest BCUT2D eigenvalue weighted by Crippen LogP contribution is 2.30. The Kier molecular flexibility index (Phi) is 9.20. The fourth-order valence-corrected chi connectivity index (χ4v) is 3.44. The first-order valence-corrected chi connectivity index (χ1v) is 9.89. The minimum atomic E-state index is 0. The van der Waals surface area contributed by atoms with Gasteiger partial charge in [-0.05, 0) is 19.1 Å². The van der Waals surface area contributed by atoms with Crippen LogP contribution < -0.4 is 20.1 Å². The Balaban J connectivity index is 0.00000300. The van der Waals surface area contributed by atoms with E-state index in [1.165, 1.54) is 0 Å². The van der Waals surface area contributed by atoms with Crippen molar-refractivity contribution < 1.29 is 9.47 Å². The first-order valence-electron chi connectivity index (χ1n) is 9.01. The smallest absolute Gasteiger partial charge is 0.195 e. The number of methoxy groups -OCH3 is 1. The molecule has 3 aromatic rings. The van der Waals surface area contributed by atoms with E-state index in [4.69, 9.17) is 9.47 Å². The maximum atomic E-state index is 5.55. The second-order valence-corrected chi connectivity index (χ2v) is 6.72. The van der Waals surface area contributed by atoms with Crippen LogP contribution in [0.25, 0.3) is 10.6 Å². The molecule has 0 spiro atoms. The molecule has 0 aliphatic carbocycles. The number of rotatable bonds is 7. The van der Waals surface area contributed by atoms with E-state index in [-0.39, 0.29) is 24.0 Å². The molecule has 1 heterocycles. The van der Waals surface area contributed by atoms with Gasteiger partial charge in [0.2, 0.25) is 0 Å². The molecular weight excluding hydrogens is 499 g/mol. The van der Waals surface area contributed by atoms with Gasteiger partial charge < -0.3 is 20.1 Å². The predicted molar refractivity (Wildman–Crippen MR) is 131 cm³/mol. The van der Waals surface area contributed by atoms with Gasteiger partial charge in [-0.3, -0.25) is 4.99 Å². The number of benzene rings is 2. The van der Waals surface area contributed by atoms with Crippen molar-refractivity contribution in [3.63, 3.8) is 0 Å². The summed E-state index contributed by atoms with van der Waals surface area (Å²) < 4.78 is 10.9. The third-order valence-electron chi connectivity index (χ3n) is 3.96. The highest BCUT2D eigenvalue weighted by atomic mass is 127. The fraction of sp³-hybridized carbons (Fsp3) is 0.238. The maximum absolute atomic E-state index is 5.55. The van der Waals surface area contributed by atoms with Gasteiger partial charge in [0.25, 0.3) is 0 Å². The monoisotopic (exact) mass is 524 g/mol. The number of thiazole rings is 1. The maximum Gasteiger partial charge on any atom is 0.195 e. The molecule has 154 valence electrons. The van der Waals surface area contributed by atoms with Crippen molar-refractivity contribution in [2.24, 2.45) is 4.99 Å². The lowest BCUT2D eigenvalue weighted by molar-refractivity contribution is 0.311. The van der Waals surface area contributed by atoms with Crippen LogP contribution >= 0.6 is 35.3 Å². The quantitative estimate of drug-likeness (QED) is 0.258. The molecule has 0 amide bonds. The topological polar surface area (TPSA) is 67.8 Å². The van der Waals surface area contributed by atoms with Crippen molar-refractivity contribution in [3.8, 4) is 22.1 Å². The van der Waals surface area contributed by atoms with E-state index < -0.39 is 0 Å². The van der Waals surface area contributed by atoms with Gasteiger partial charge in [0.15, 0.2) is 17.5 Å². The van der Waals surface area contributed by atoms with Crippen LogP contribution in [0.4, 0.5) is 5.69 Å². The van der Waals surface area contributed by atoms with Crippen molar-refractivity contribution in [3.05, 3.63) is 59.6 Å². The van der Waals surface area contributed by atoms with E-state index >= 15 is 0 Å². The zero-order chi connectivity index (χ0) is 19.8. The lowest BCUT2D eigenvalue weighted by Gasteiger charge is -2.14. The third-order valence-corrected chi connectivity index (χ3v) is 4.90. The van der Waals surface area contributed by atoms with Gasteiger partial charge in [-0.1, -0.05) is 30.3 Å². The zero-order valence-electron chi connectivity index (χ0n) is 16.6. The fourth-order valence-electron chi connectivity index (χ4n) is 2.61. The summed E-state index contributed by atoms with van der Waals surface area (Å²) in [4.78, 5) is 8.97. The summed E-state index contributed by atoms with van der Waals surface area (Å²) in [5.41, 5.74) is 2.95. The molecule has 6 nitrogen and oxygen atoms in total. The van der Waals surface area contributed by atoms with Gasteiger partial charge in [-0.2, -0.15) is 0 Å². The van der Waals surface area contributed by atoms with Crippen molar-refractivity contribution in [1.82, 2.24) is 10.3 Å². The van der Waals surface area contributed by atoms with Gasteiger partial charge in [-0.25, -0.2) is 4.98 Å².